The molecule has 1 aromatic rings. The molecule has 1 rings (SSSR count). The second kappa shape index (κ2) is 5.55. The van der Waals surface area contributed by atoms with Crippen LogP contribution in [0.25, 0.3) is 0 Å². The van der Waals surface area contributed by atoms with Crippen molar-refractivity contribution in [1.82, 2.24) is 0 Å². The quantitative estimate of drug-likeness (QED) is 0.395. The van der Waals surface area contributed by atoms with E-state index in [0.29, 0.717) is 16.9 Å². The lowest BCUT2D eigenvalue weighted by molar-refractivity contribution is -0.130. The predicted octanol–water partition coefficient (Wildman–Crippen LogP) is 3.22. The van der Waals surface area contributed by atoms with E-state index in [1.54, 1.807) is 45.0 Å². The zero-order chi connectivity index (χ0) is 13.9. The molecule has 0 aromatic heterocycles. The van der Waals surface area contributed by atoms with Gasteiger partial charge in [0.25, 0.3) is 0 Å². The Morgan fingerprint density at radius 3 is 2.28 bits per heavy atom. The van der Waals surface area contributed by atoms with Crippen molar-refractivity contribution in [3.63, 3.8) is 0 Å². The van der Waals surface area contributed by atoms with Crippen LogP contribution in [-0.2, 0) is 4.79 Å². The van der Waals surface area contributed by atoms with Crippen molar-refractivity contribution in [2.75, 3.05) is 0 Å². The van der Waals surface area contributed by atoms with E-state index in [-0.39, 0.29) is 0 Å². The van der Waals surface area contributed by atoms with Gasteiger partial charge in [0.15, 0.2) is 0 Å². The van der Waals surface area contributed by atoms with E-state index in [1.807, 2.05) is 0 Å². The van der Waals surface area contributed by atoms with Gasteiger partial charge < -0.3 is 9.84 Å². The molecular weight excluding hydrogens is 252 g/mol. The first-order chi connectivity index (χ1) is 8.21. The summed E-state index contributed by atoms with van der Waals surface area (Å²) in [4.78, 5) is 10.5. The summed E-state index contributed by atoms with van der Waals surface area (Å²) >= 11 is 6.04. The van der Waals surface area contributed by atoms with Crippen molar-refractivity contribution in [2.45, 2.75) is 31.7 Å². The maximum Gasteiger partial charge on any atom is 0.338 e. The number of ether oxygens (including phenoxy) is 1. The number of esters is 1. The number of rotatable bonds is 4. The minimum absolute atomic E-state index is 0.334. The van der Waals surface area contributed by atoms with Crippen LogP contribution in [-0.4, -0.2) is 16.0 Å². The molecule has 1 aromatic carbocycles. The van der Waals surface area contributed by atoms with Gasteiger partial charge in [0, 0.05) is 5.57 Å². The third-order valence-electron chi connectivity index (χ3n) is 2.41. The van der Waals surface area contributed by atoms with Crippen LogP contribution in [0.5, 0.6) is 5.75 Å². The molecular formula is C14H17ClO3. The number of hydrogen-bond donors (Lipinski definition) is 1. The number of benzene rings is 1. The summed E-state index contributed by atoms with van der Waals surface area (Å²) in [6.45, 7) is 8.54. The Hall–Kier alpha value is -1.32. The third-order valence-corrected chi connectivity index (χ3v) is 2.61. The molecule has 0 radical (unpaired) electrons. The Balaban J connectivity index is 2.81. The molecule has 18 heavy (non-hydrogen) atoms. The van der Waals surface area contributed by atoms with Crippen molar-refractivity contribution >= 4 is 17.6 Å². The number of aliphatic hydroxyl groups excluding tert-OH is 1. The van der Waals surface area contributed by atoms with Crippen LogP contribution in [0.3, 0.4) is 0 Å². The number of carbonyl (C=O) groups is 1. The molecule has 0 amide bonds. The molecule has 1 N–H and O–H groups in total. The second-order valence-corrected chi connectivity index (χ2v) is 5.68. The molecule has 0 aliphatic carbocycles. The molecule has 0 bridgehead atoms. The van der Waals surface area contributed by atoms with Gasteiger partial charge in [0.05, 0.1) is 11.0 Å². The first-order valence-electron chi connectivity index (χ1n) is 5.56. The maximum absolute atomic E-state index is 11.3. The molecule has 0 aliphatic heterocycles. The van der Waals surface area contributed by atoms with Crippen LogP contribution in [0, 0.1) is 0 Å². The Morgan fingerprint density at radius 1 is 1.39 bits per heavy atom. The summed E-state index contributed by atoms with van der Waals surface area (Å²) in [5, 5.41) is 9.96. The van der Waals surface area contributed by atoms with Gasteiger partial charge in [-0.2, -0.15) is 0 Å². The monoisotopic (exact) mass is 268 g/mol. The molecule has 0 fully saturated rings. The van der Waals surface area contributed by atoms with E-state index in [9.17, 15) is 9.90 Å². The Kier molecular flexibility index (Phi) is 4.54. The fourth-order valence-electron chi connectivity index (χ4n) is 1.31. The predicted molar refractivity (Wildman–Crippen MR) is 71.8 cm³/mol. The molecule has 1 atom stereocenters. The fraction of sp³-hybridized carbons (Fsp3) is 0.357. The smallest absolute Gasteiger partial charge is 0.338 e. The van der Waals surface area contributed by atoms with Crippen molar-refractivity contribution in [2.24, 2.45) is 0 Å². The van der Waals surface area contributed by atoms with Crippen LogP contribution in [0.1, 0.15) is 32.4 Å². The fourth-order valence-corrected chi connectivity index (χ4v) is 1.43. The summed E-state index contributed by atoms with van der Waals surface area (Å²) in [7, 11) is 0. The average molecular weight is 269 g/mol. The SMILES string of the molecule is C=C(C)C(=O)Oc1ccc(C(O)C(C)(C)Cl)cc1. The molecule has 98 valence electrons. The van der Waals surface area contributed by atoms with E-state index in [4.69, 9.17) is 16.3 Å². The van der Waals surface area contributed by atoms with Crippen LogP contribution in [0.15, 0.2) is 36.4 Å². The molecule has 0 aliphatic rings. The summed E-state index contributed by atoms with van der Waals surface area (Å²) in [5.41, 5.74) is 1.01. The normalized spacial score (nSPS) is 12.9. The average Bonchev–Trinajstić information content (AvgIpc) is 2.27. The van der Waals surface area contributed by atoms with Crippen molar-refractivity contribution in [3.05, 3.63) is 42.0 Å². The van der Waals surface area contributed by atoms with Crippen LogP contribution in [0.2, 0.25) is 0 Å². The first-order valence-corrected chi connectivity index (χ1v) is 5.94. The van der Waals surface area contributed by atoms with E-state index >= 15 is 0 Å². The van der Waals surface area contributed by atoms with Gasteiger partial charge in [-0.1, -0.05) is 18.7 Å². The Bertz CT molecular complexity index is 443. The molecule has 4 heteroatoms. The Morgan fingerprint density at radius 2 is 1.89 bits per heavy atom. The largest absolute Gasteiger partial charge is 0.423 e. The molecule has 1 unspecified atom stereocenters. The number of alkyl halides is 1. The molecule has 0 heterocycles. The first kappa shape index (κ1) is 14.7. The lowest BCUT2D eigenvalue weighted by atomic mass is 9.98. The number of aliphatic hydroxyl groups is 1. The van der Waals surface area contributed by atoms with E-state index in [0.717, 1.165) is 0 Å². The minimum atomic E-state index is -0.787. The van der Waals surface area contributed by atoms with Crippen molar-refractivity contribution < 1.29 is 14.6 Å². The second-order valence-electron chi connectivity index (χ2n) is 4.71. The topological polar surface area (TPSA) is 46.5 Å². The van der Waals surface area contributed by atoms with E-state index < -0.39 is 16.9 Å². The number of hydrogen-bond acceptors (Lipinski definition) is 3. The highest BCUT2D eigenvalue weighted by Gasteiger charge is 2.26. The summed E-state index contributed by atoms with van der Waals surface area (Å²) in [6, 6.07) is 6.58. The number of carbonyl (C=O) groups excluding carboxylic acids is 1. The molecule has 0 saturated heterocycles. The highest BCUT2D eigenvalue weighted by atomic mass is 35.5. The van der Waals surface area contributed by atoms with Gasteiger partial charge in [0.2, 0.25) is 0 Å². The highest BCUT2D eigenvalue weighted by molar-refractivity contribution is 6.23. The summed E-state index contributed by atoms with van der Waals surface area (Å²) < 4.78 is 5.04. The molecule has 3 nitrogen and oxygen atoms in total. The van der Waals surface area contributed by atoms with Gasteiger partial charge in [-0.15, -0.1) is 11.6 Å². The zero-order valence-electron chi connectivity index (χ0n) is 10.7. The van der Waals surface area contributed by atoms with Crippen molar-refractivity contribution in [3.8, 4) is 5.75 Å². The minimum Gasteiger partial charge on any atom is -0.423 e. The molecule has 0 spiro atoms. The van der Waals surface area contributed by atoms with Gasteiger partial charge >= 0.3 is 5.97 Å². The Labute approximate surface area is 112 Å². The highest BCUT2D eigenvalue weighted by Crippen LogP contribution is 2.31. The van der Waals surface area contributed by atoms with E-state index in [1.165, 1.54) is 0 Å². The standard InChI is InChI=1S/C14H17ClO3/c1-9(2)13(17)18-11-7-5-10(6-8-11)12(16)14(3,4)15/h5-8,12,16H,1H2,2-4H3. The zero-order valence-corrected chi connectivity index (χ0v) is 11.5. The summed E-state index contributed by atoms with van der Waals surface area (Å²) in [5.74, 6) is -0.0627. The van der Waals surface area contributed by atoms with Crippen LogP contribution < -0.4 is 4.74 Å². The van der Waals surface area contributed by atoms with Gasteiger partial charge in [-0.3, -0.25) is 0 Å². The van der Waals surface area contributed by atoms with Crippen molar-refractivity contribution in [1.29, 1.82) is 0 Å². The van der Waals surface area contributed by atoms with Crippen LogP contribution in [0.4, 0.5) is 0 Å². The lowest BCUT2D eigenvalue weighted by Crippen LogP contribution is -2.22. The summed E-state index contributed by atoms with van der Waals surface area (Å²) in [6.07, 6.45) is -0.787. The van der Waals surface area contributed by atoms with Crippen LogP contribution >= 0.6 is 11.6 Å². The number of halogens is 1. The lowest BCUT2D eigenvalue weighted by Gasteiger charge is -2.23. The maximum atomic E-state index is 11.3. The van der Waals surface area contributed by atoms with Gasteiger partial charge in [0.1, 0.15) is 5.75 Å². The molecule has 0 saturated carbocycles. The third kappa shape index (κ3) is 3.86. The van der Waals surface area contributed by atoms with Gasteiger partial charge in [-0.25, -0.2) is 4.79 Å². The van der Waals surface area contributed by atoms with Gasteiger partial charge in [-0.05, 0) is 38.5 Å². The van der Waals surface area contributed by atoms with E-state index in [2.05, 4.69) is 6.58 Å².